The quantitative estimate of drug-likeness (QED) is 0.669. The van der Waals surface area contributed by atoms with Gasteiger partial charge in [-0.15, -0.1) is 11.8 Å². The Morgan fingerprint density at radius 1 is 1.27 bits per heavy atom. The van der Waals surface area contributed by atoms with E-state index in [9.17, 15) is 9.59 Å². The number of rotatable bonds is 10. The molecule has 0 aliphatic carbocycles. The standard InChI is InChI=1S/C14H24N4O3S/c1-4-18(5-2)7-6-15-13(19)9-22-10-14(20)16-12-8-11(3)21-17-12/h8H,4-7,9-10H2,1-3H3,(H,15,19)(H,16,17,20). The van der Waals surface area contributed by atoms with Crippen LogP contribution in [-0.2, 0) is 9.59 Å². The van der Waals surface area contributed by atoms with Crippen LogP contribution in [0.2, 0.25) is 0 Å². The maximum absolute atomic E-state index is 11.6. The van der Waals surface area contributed by atoms with Gasteiger partial charge in [-0.1, -0.05) is 19.0 Å². The van der Waals surface area contributed by atoms with Crippen LogP contribution in [0, 0.1) is 6.92 Å². The first kappa shape index (κ1) is 18.5. The monoisotopic (exact) mass is 328 g/mol. The van der Waals surface area contributed by atoms with Gasteiger partial charge in [0.2, 0.25) is 11.8 Å². The summed E-state index contributed by atoms with van der Waals surface area (Å²) in [5.74, 6) is 1.25. The molecule has 1 rings (SSSR count). The first-order valence-corrected chi connectivity index (χ1v) is 8.50. The van der Waals surface area contributed by atoms with Gasteiger partial charge in [0.15, 0.2) is 5.82 Å². The van der Waals surface area contributed by atoms with Gasteiger partial charge in [0.1, 0.15) is 5.76 Å². The topological polar surface area (TPSA) is 87.5 Å². The molecule has 8 heteroatoms. The number of hydrogen-bond acceptors (Lipinski definition) is 6. The highest BCUT2D eigenvalue weighted by Crippen LogP contribution is 2.08. The second-order valence-electron chi connectivity index (χ2n) is 4.74. The molecule has 0 unspecified atom stereocenters. The van der Waals surface area contributed by atoms with Crippen LogP contribution >= 0.6 is 11.8 Å². The Labute approximate surface area is 135 Å². The van der Waals surface area contributed by atoms with Gasteiger partial charge >= 0.3 is 0 Å². The van der Waals surface area contributed by atoms with Gasteiger partial charge in [0, 0.05) is 19.2 Å². The molecule has 2 N–H and O–H groups in total. The molecule has 0 atom stereocenters. The van der Waals surface area contributed by atoms with Gasteiger partial charge in [-0.25, -0.2) is 0 Å². The number of nitrogens with one attached hydrogen (secondary N) is 2. The van der Waals surface area contributed by atoms with Crippen LogP contribution in [0.25, 0.3) is 0 Å². The maximum Gasteiger partial charge on any atom is 0.235 e. The fourth-order valence-corrected chi connectivity index (χ4v) is 2.43. The Kier molecular flexibility index (Phi) is 8.61. The van der Waals surface area contributed by atoms with Gasteiger partial charge in [0.05, 0.1) is 11.5 Å². The van der Waals surface area contributed by atoms with Crippen molar-refractivity contribution in [2.75, 3.05) is 43.0 Å². The van der Waals surface area contributed by atoms with E-state index in [1.807, 2.05) is 0 Å². The third-order valence-electron chi connectivity index (χ3n) is 3.01. The van der Waals surface area contributed by atoms with E-state index >= 15 is 0 Å². The SMILES string of the molecule is CCN(CC)CCNC(=O)CSCC(=O)Nc1cc(C)on1. The van der Waals surface area contributed by atoms with Crippen molar-refractivity contribution in [2.45, 2.75) is 20.8 Å². The van der Waals surface area contributed by atoms with Crippen molar-refractivity contribution in [3.8, 4) is 0 Å². The first-order chi connectivity index (χ1) is 10.5. The third-order valence-corrected chi connectivity index (χ3v) is 3.94. The van der Waals surface area contributed by atoms with Crippen molar-refractivity contribution in [1.82, 2.24) is 15.4 Å². The van der Waals surface area contributed by atoms with Gasteiger partial charge in [-0.05, 0) is 20.0 Å². The highest BCUT2D eigenvalue weighted by Gasteiger charge is 2.08. The average Bonchev–Trinajstić information content (AvgIpc) is 2.88. The van der Waals surface area contributed by atoms with Gasteiger partial charge in [-0.2, -0.15) is 0 Å². The summed E-state index contributed by atoms with van der Waals surface area (Å²) < 4.78 is 4.85. The Balaban J connectivity index is 2.10. The molecule has 1 aromatic heterocycles. The fourth-order valence-electron chi connectivity index (χ4n) is 1.78. The van der Waals surface area contributed by atoms with E-state index in [-0.39, 0.29) is 23.3 Å². The second-order valence-corrected chi connectivity index (χ2v) is 5.73. The van der Waals surface area contributed by atoms with E-state index in [1.54, 1.807) is 13.0 Å². The largest absolute Gasteiger partial charge is 0.360 e. The summed E-state index contributed by atoms with van der Waals surface area (Å²) in [4.78, 5) is 25.5. The van der Waals surface area contributed by atoms with E-state index in [1.165, 1.54) is 11.8 Å². The molecule has 1 heterocycles. The van der Waals surface area contributed by atoms with Crippen LogP contribution in [0.15, 0.2) is 10.6 Å². The Morgan fingerprint density at radius 3 is 2.55 bits per heavy atom. The molecule has 2 amide bonds. The summed E-state index contributed by atoms with van der Waals surface area (Å²) in [5, 5.41) is 9.13. The molecule has 0 bridgehead atoms. The smallest absolute Gasteiger partial charge is 0.235 e. The number of anilines is 1. The van der Waals surface area contributed by atoms with Crippen LogP contribution in [0.3, 0.4) is 0 Å². The highest BCUT2D eigenvalue weighted by atomic mass is 32.2. The van der Waals surface area contributed by atoms with E-state index in [2.05, 4.69) is 34.5 Å². The van der Waals surface area contributed by atoms with Gasteiger partial charge in [-0.3, -0.25) is 9.59 Å². The highest BCUT2D eigenvalue weighted by molar-refractivity contribution is 8.00. The minimum absolute atomic E-state index is 0.0535. The number of nitrogens with zero attached hydrogens (tertiary/aromatic N) is 2. The minimum Gasteiger partial charge on any atom is -0.360 e. The van der Waals surface area contributed by atoms with Gasteiger partial charge < -0.3 is 20.1 Å². The van der Waals surface area contributed by atoms with Crippen molar-refractivity contribution in [3.05, 3.63) is 11.8 Å². The van der Waals surface area contributed by atoms with Crippen LogP contribution in [0.4, 0.5) is 5.82 Å². The zero-order valence-electron chi connectivity index (χ0n) is 13.3. The summed E-state index contributed by atoms with van der Waals surface area (Å²) in [6, 6.07) is 1.64. The number of aryl methyl sites for hydroxylation is 1. The molecule has 22 heavy (non-hydrogen) atoms. The number of hydrogen-bond donors (Lipinski definition) is 2. The van der Waals surface area contributed by atoms with E-state index in [0.29, 0.717) is 18.1 Å². The van der Waals surface area contributed by atoms with Gasteiger partial charge in [0.25, 0.3) is 0 Å². The summed E-state index contributed by atoms with van der Waals surface area (Å²) in [7, 11) is 0. The van der Waals surface area contributed by atoms with Crippen molar-refractivity contribution in [3.63, 3.8) is 0 Å². The van der Waals surface area contributed by atoms with Crippen LogP contribution in [0.1, 0.15) is 19.6 Å². The summed E-state index contributed by atoms with van der Waals surface area (Å²) in [6.07, 6.45) is 0. The summed E-state index contributed by atoms with van der Waals surface area (Å²) >= 11 is 1.27. The minimum atomic E-state index is -0.200. The predicted octanol–water partition coefficient (Wildman–Crippen LogP) is 1.11. The molecule has 0 spiro atoms. The molecule has 0 radical (unpaired) electrons. The summed E-state index contributed by atoms with van der Waals surface area (Å²) in [5.41, 5.74) is 0. The molecule has 0 saturated carbocycles. The Morgan fingerprint density at radius 2 is 1.95 bits per heavy atom. The molecular formula is C14H24N4O3S. The molecule has 0 aliphatic rings. The number of carbonyl (C=O) groups excluding carboxylic acids is 2. The molecule has 124 valence electrons. The van der Waals surface area contributed by atoms with Crippen molar-refractivity contribution in [2.24, 2.45) is 0 Å². The lowest BCUT2D eigenvalue weighted by Gasteiger charge is -2.17. The van der Waals surface area contributed by atoms with Crippen LogP contribution in [0.5, 0.6) is 0 Å². The zero-order valence-corrected chi connectivity index (χ0v) is 14.2. The molecule has 0 fully saturated rings. The molecule has 0 aromatic carbocycles. The normalized spacial score (nSPS) is 10.7. The first-order valence-electron chi connectivity index (χ1n) is 7.35. The lowest BCUT2D eigenvalue weighted by molar-refractivity contribution is -0.118. The van der Waals surface area contributed by atoms with Crippen molar-refractivity contribution in [1.29, 1.82) is 0 Å². The number of thioether (sulfide) groups is 1. The van der Waals surface area contributed by atoms with E-state index < -0.39 is 0 Å². The number of carbonyl (C=O) groups is 2. The molecule has 0 aliphatic heterocycles. The zero-order chi connectivity index (χ0) is 16.4. The molecule has 0 saturated heterocycles. The van der Waals surface area contributed by atoms with E-state index in [4.69, 9.17) is 4.52 Å². The Bertz CT molecular complexity index is 474. The summed E-state index contributed by atoms with van der Waals surface area (Å²) in [6.45, 7) is 9.36. The molecule has 7 nitrogen and oxygen atoms in total. The van der Waals surface area contributed by atoms with Crippen LogP contribution in [-0.4, -0.2) is 59.6 Å². The maximum atomic E-state index is 11.6. The van der Waals surface area contributed by atoms with Crippen LogP contribution < -0.4 is 10.6 Å². The van der Waals surface area contributed by atoms with E-state index in [0.717, 1.165) is 19.6 Å². The Hall–Kier alpha value is -1.54. The second kappa shape index (κ2) is 10.2. The fraction of sp³-hybridized carbons (Fsp3) is 0.643. The number of likely N-dealkylation sites (N-methyl/N-ethyl adjacent to an activating group) is 1. The average molecular weight is 328 g/mol. The van der Waals surface area contributed by atoms with Crippen molar-refractivity contribution >= 4 is 29.4 Å². The number of aromatic nitrogens is 1. The lowest BCUT2D eigenvalue weighted by atomic mass is 10.4. The molecular weight excluding hydrogens is 304 g/mol. The third kappa shape index (κ3) is 7.46. The lowest BCUT2D eigenvalue weighted by Crippen LogP contribution is -2.35. The molecule has 1 aromatic rings. The predicted molar refractivity (Wildman–Crippen MR) is 88.0 cm³/mol. The van der Waals surface area contributed by atoms with Crippen molar-refractivity contribution < 1.29 is 14.1 Å². The number of amides is 2.